The Kier molecular flexibility index (Phi) is 6.53. The Balaban J connectivity index is 2.00. The monoisotopic (exact) mass is 249 g/mol. The molecule has 0 fully saturated rings. The molecule has 0 radical (unpaired) electrons. The molecule has 0 saturated heterocycles. The summed E-state index contributed by atoms with van der Waals surface area (Å²) in [6.45, 7) is 3.88. The molecule has 0 N–H and O–H groups in total. The first-order valence-electron chi connectivity index (χ1n) is 5.78. The minimum Gasteiger partial charge on any atom is -0.236 e. The standard InChI is InChI=1S/C11H20ClNOS/c1-2-3-4-5-6-7-9-13-10-8-11(12)15(13)14/h8H,2-7,9-10H2,1H3. The van der Waals surface area contributed by atoms with Crippen LogP contribution in [0.3, 0.4) is 0 Å². The van der Waals surface area contributed by atoms with Gasteiger partial charge in [0.1, 0.15) is 15.3 Å². The van der Waals surface area contributed by atoms with E-state index in [1.54, 1.807) is 0 Å². The number of rotatable bonds is 7. The Morgan fingerprint density at radius 2 is 2.00 bits per heavy atom. The number of halogens is 1. The smallest absolute Gasteiger partial charge is 0.139 e. The zero-order valence-corrected chi connectivity index (χ0v) is 10.9. The average Bonchev–Trinajstić information content (AvgIpc) is 2.54. The van der Waals surface area contributed by atoms with Gasteiger partial charge in [-0.3, -0.25) is 0 Å². The Morgan fingerprint density at radius 3 is 2.60 bits per heavy atom. The summed E-state index contributed by atoms with van der Waals surface area (Å²) >= 11 is 5.76. The number of nitrogens with zero attached hydrogens (tertiary/aromatic N) is 1. The zero-order valence-electron chi connectivity index (χ0n) is 9.38. The van der Waals surface area contributed by atoms with Gasteiger partial charge in [-0.15, -0.1) is 0 Å². The molecular formula is C11H20ClNOS. The van der Waals surface area contributed by atoms with E-state index in [-0.39, 0.29) is 0 Å². The molecule has 0 aromatic heterocycles. The lowest BCUT2D eigenvalue weighted by Crippen LogP contribution is -2.22. The number of hydrogen-bond acceptors (Lipinski definition) is 1. The van der Waals surface area contributed by atoms with Gasteiger partial charge in [-0.2, -0.15) is 0 Å². The SMILES string of the molecule is CCCCCCCCN1CC=C(Cl)S1=O. The molecule has 2 nitrogen and oxygen atoms in total. The highest BCUT2D eigenvalue weighted by atomic mass is 35.5. The van der Waals surface area contributed by atoms with Crippen molar-refractivity contribution in [1.82, 2.24) is 4.31 Å². The van der Waals surface area contributed by atoms with Gasteiger partial charge in [0.15, 0.2) is 0 Å². The topological polar surface area (TPSA) is 20.3 Å². The fourth-order valence-corrected chi connectivity index (χ4v) is 3.01. The van der Waals surface area contributed by atoms with Gasteiger partial charge < -0.3 is 0 Å². The molecule has 15 heavy (non-hydrogen) atoms. The van der Waals surface area contributed by atoms with Crippen LogP contribution in [0.15, 0.2) is 10.4 Å². The van der Waals surface area contributed by atoms with Crippen molar-refractivity contribution in [2.75, 3.05) is 13.1 Å². The van der Waals surface area contributed by atoms with E-state index >= 15 is 0 Å². The molecule has 1 unspecified atom stereocenters. The Hall–Kier alpha value is 0.140. The lowest BCUT2D eigenvalue weighted by molar-refractivity contribution is 0.466. The van der Waals surface area contributed by atoms with Crippen molar-refractivity contribution in [3.63, 3.8) is 0 Å². The summed E-state index contributed by atoms with van der Waals surface area (Å²) < 4.78 is 13.9. The quantitative estimate of drug-likeness (QED) is 0.634. The summed E-state index contributed by atoms with van der Waals surface area (Å²) in [5.41, 5.74) is 0. The maximum atomic E-state index is 11.5. The van der Waals surface area contributed by atoms with E-state index in [9.17, 15) is 4.21 Å². The maximum absolute atomic E-state index is 11.5. The van der Waals surface area contributed by atoms with Gasteiger partial charge in [0, 0.05) is 13.1 Å². The summed E-state index contributed by atoms with van der Waals surface area (Å²) in [7, 11) is -1.05. The van der Waals surface area contributed by atoms with Crippen molar-refractivity contribution >= 4 is 22.6 Å². The van der Waals surface area contributed by atoms with Crippen LogP contribution in [-0.4, -0.2) is 21.6 Å². The predicted octanol–water partition coefficient (Wildman–Crippen LogP) is 3.41. The Morgan fingerprint density at radius 1 is 1.33 bits per heavy atom. The zero-order chi connectivity index (χ0) is 11.1. The van der Waals surface area contributed by atoms with Gasteiger partial charge in [-0.1, -0.05) is 50.6 Å². The Bertz CT molecular complexity index is 243. The van der Waals surface area contributed by atoms with Crippen LogP contribution in [0.2, 0.25) is 0 Å². The number of hydrogen-bond donors (Lipinski definition) is 0. The fraction of sp³-hybridized carbons (Fsp3) is 0.818. The van der Waals surface area contributed by atoms with Gasteiger partial charge in [-0.05, 0) is 12.5 Å². The lowest BCUT2D eigenvalue weighted by atomic mass is 10.1. The first-order valence-corrected chi connectivity index (χ1v) is 7.26. The molecule has 88 valence electrons. The first-order chi connectivity index (χ1) is 7.25. The molecule has 0 saturated carbocycles. The largest absolute Gasteiger partial charge is 0.236 e. The molecule has 1 aliphatic rings. The molecule has 0 bridgehead atoms. The molecule has 0 aromatic rings. The van der Waals surface area contributed by atoms with Crippen LogP contribution >= 0.6 is 11.6 Å². The molecule has 1 rings (SSSR count). The van der Waals surface area contributed by atoms with Crippen LogP contribution in [-0.2, 0) is 11.0 Å². The van der Waals surface area contributed by atoms with Crippen molar-refractivity contribution in [1.29, 1.82) is 0 Å². The lowest BCUT2D eigenvalue weighted by Gasteiger charge is -2.12. The summed E-state index contributed by atoms with van der Waals surface area (Å²) in [4.78, 5) is 0. The van der Waals surface area contributed by atoms with Gasteiger partial charge in [-0.25, -0.2) is 8.51 Å². The van der Waals surface area contributed by atoms with Crippen LogP contribution < -0.4 is 0 Å². The summed E-state index contributed by atoms with van der Waals surface area (Å²) in [5.74, 6) is 0. The molecule has 1 heterocycles. The van der Waals surface area contributed by atoms with Gasteiger partial charge in [0.25, 0.3) is 0 Å². The van der Waals surface area contributed by atoms with Gasteiger partial charge in [0.05, 0.1) is 0 Å². The third-order valence-electron chi connectivity index (χ3n) is 2.62. The van der Waals surface area contributed by atoms with E-state index in [4.69, 9.17) is 11.6 Å². The molecule has 0 amide bonds. The van der Waals surface area contributed by atoms with Crippen molar-refractivity contribution in [2.24, 2.45) is 0 Å². The molecule has 0 aromatic carbocycles. The van der Waals surface area contributed by atoms with Gasteiger partial charge in [0.2, 0.25) is 0 Å². The fourth-order valence-electron chi connectivity index (χ4n) is 1.68. The third kappa shape index (κ3) is 4.66. The normalized spacial score (nSPS) is 22.0. The molecule has 1 atom stereocenters. The minimum atomic E-state index is -1.05. The minimum absolute atomic E-state index is 0.501. The van der Waals surface area contributed by atoms with Crippen molar-refractivity contribution in [3.05, 3.63) is 10.4 Å². The highest BCUT2D eigenvalue weighted by Crippen LogP contribution is 2.19. The second-order valence-corrected chi connectivity index (χ2v) is 6.00. The average molecular weight is 250 g/mol. The maximum Gasteiger partial charge on any atom is 0.139 e. The van der Waals surface area contributed by atoms with Gasteiger partial charge >= 0.3 is 0 Å². The van der Waals surface area contributed by atoms with E-state index in [0.29, 0.717) is 4.36 Å². The highest BCUT2D eigenvalue weighted by Gasteiger charge is 2.20. The van der Waals surface area contributed by atoms with Crippen molar-refractivity contribution in [2.45, 2.75) is 45.4 Å². The second kappa shape index (κ2) is 7.42. The van der Waals surface area contributed by atoms with E-state index in [2.05, 4.69) is 6.92 Å². The molecule has 0 aliphatic carbocycles. The molecule has 0 spiro atoms. The first kappa shape index (κ1) is 13.2. The summed E-state index contributed by atoms with van der Waals surface area (Å²) in [6, 6.07) is 0. The van der Waals surface area contributed by atoms with E-state index in [0.717, 1.165) is 19.5 Å². The molecule has 4 heteroatoms. The van der Waals surface area contributed by atoms with Crippen LogP contribution in [0, 0.1) is 0 Å². The van der Waals surface area contributed by atoms with E-state index < -0.39 is 11.0 Å². The summed E-state index contributed by atoms with van der Waals surface area (Å²) in [6.07, 6.45) is 9.47. The summed E-state index contributed by atoms with van der Waals surface area (Å²) in [5, 5.41) is 0. The molecule has 1 aliphatic heterocycles. The molecular weight excluding hydrogens is 230 g/mol. The van der Waals surface area contributed by atoms with Crippen LogP contribution in [0.4, 0.5) is 0 Å². The second-order valence-electron chi connectivity index (χ2n) is 3.91. The van der Waals surface area contributed by atoms with E-state index in [1.807, 2.05) is 10.4 Å². The predicted molar refractivity (Wildman–Crippen MR) is 67.0 cm³/mol. The van der Waals surface area contributed by atoms with Crippen molar-refractivity contribution < 1.29 is 4.21 Å². The third-order valence-corrected chi connectivity index (χ3v) is 4.47. The Labute approximate surface area is 100 Å². The van der Waals surface area contributed by atoms with Crippen molar-refractivity contribution in [3.8, 4) is 0 Å². The van der Waals surface area contributed by atoms with Crippen LogP contribution in [0.1, 0.15) is 45.4 Å². The van der Waals surface area contributed by atoms with Crippen LogP contribution in [0.5, 0.6) is 0 Å². The van der Waals surface area contributed by atoms with Crippen LogP contribution in [0.25, 0.3) is 0 Å². The number of unbranched alkanes of at least 4 members (excludes halogenated alkanes) is 5. The van der Waals surface area contributed by atoms with E-state index in [1.165, 1.54) is 32.1 Å². The highest BCUT2D eigenvalue weighted by molar-refractivity contribution is 7.88.